The van der Waals surface area contributed by atoms with Crippen LogP contribution in [0.4, 0.5) is 0 Å². The Morgan fingerprint density at radius 3 is 2.52 bits per heavy atom. The maximum atomic E-state index is 12.4. The molecule has 1 saturated carbocycles. The molecule has 1 aromatic carbocycles. The van der Waals surface area contributed by atoms with Gasteiger partial charge in [0.15, 0.2) is 0 Å². The van der Waals surface area contributed by atoms with E-state index in [4.69, 9.17) is 9.15 Å². The van der Waals surface area contributed by atoms with Crippen molar-refractivity contribution in [2.45, 2.75) is 64.7 Å². The van der Waals surface area contributed by atoms with Gasteiger partial charge in [0.1, 0.15) is 11.3 Å². The van der Waals surface area contributed by atoms with Gasteiger partial charge in [0.2, 0.25) is 0 Å². The number of esters is 1. The fourth-order valence-corrected chi connectivity index (χ4v) is 4.27. The fraction of sp³-hybridized carbons (Fsp3) is 0.524. The summed E-state index contributed by atoms with van der Waals surface area (Å²) < 4.78 is 11.3. The molecule has 2 aliphatic rings. The van der Waals surface area contributed by atoms with Gasteiger partial charge >= 0.3 is 11.6 Å². The van der Waals surface area contributed by atoms with Crippen molar-refractivity contribution >= 4 is 16.9 Å². The standard InChI is InChI=1S/C21H24O4/c1-13-18(24-20(22)14-7-3-2-4-8-14)12-11-16-15-9-5-6-10-17(15)21(23)25-19(13)16/h11-12,14H,2-10H2,1H3. The number of aryl methyl sites for hydroxylation is 2. The molecule has 2 aromatic rings. The highest BCUT2D eigenvalue weighted by Crippen LogP contribution is 2.33. The molecule has 0 unspecified atom stereocenters. The average molecular weight is 340 g/mol. The molecule has 0 spiro atoms. The average Bonchev–Trinajstić information content (AvgIpc) is 2.65. The second-order valence-corrected chi connectivity index (χ2v) is 7.38. The second kappa shape index (κ2) is 6.66. The molecule has 0 N–H and O–H groups in total. The van der Waals surface area contributed by atoms with Crippen molar-refractivity contribution in [1.29, 1.82) is 0 Å². The van der Waals surface area contributed by atoms with Gasteiger partial charge in [-0.15, -0.1) is 0 Å². The zero-order valence-electron chi connectivity index (χ0n) is 14.7. The number of hydrogen-bond donors (Lipinski definition) is 0. The first-order valence-corrected chi connectivity index (χ1v) is 9.45. The molecule has 0 saturated heterocycles. The molecule has 0 aliphatic heterocycles. The Balaban J connectivity index is 1.70. The molecule has 1 heterocycles. The summed E-state index contributed by atoms with van der Waals surface area (Å²) in [6.45, 7) is 1.87. The summed E-state index contributed by atoms with van der Waals surface area (Å²) in [5, 5.41) is 0.990. The van der Waals surface area contributed by atoms with E-state index in [9.17, 15) is 9.59 Å². The lowest BCUT2D eigenvalue weighted by Gasteiger charge is -2.21. The first-order chi connectivity index (χ1) is 12.1. The van der Waals surface area contributed by atoms with Crippen molar-refractivity contribution in [1.82, 2.24) is 0 Å². The van der Waals surface area contributed by atoms with E-state index in [1.54, 1.807) is 0 Å². The molecule has 4 heteroatoms. The van der Waals surface area contributed by atoms with E-state index < -0.39 is 0 Å². The van der Waals surface area contributed by atoms with Crippen LogP contribution in [0.2, 0.25) is 0 Å². The lowest BCUT2D eigenvalue weighted by molar-refractivity contribution is -0.140. The predicted octanol–water partition coefficient (Wildman–Crippen LogP) is 4.47. The smallest absolute Gasteiger partial charge is 0.339 e. The van der Waals surface area contributed by atoms with Gasteiger partial charge in [0.05, 0.1) is 5.92 Å². The van der Waals surface area contributed by atoms with Gasteiger partial charge in [-0.2, -0.15) is 0 Å². The highest BCUT2D eigenvalue weighted by atomic mass is 16.5. The van der Waals surface area contributed by atoms with Crippen LogP contribution >= 0.6 is 0 Å². The summed E-state index contributed by atoms with van der Waals surface area (Å²) in [7, 11) is 0. The Kier molecular flexibility index (Phi) is 4.36. The van der Waals surface area contributed by atoms with Gasteiger partial charge in [0.25, 0.3) is 0 Å². The molecule has 1 fully saturated rings. The van der Waals surface area contributed by atoms with Crippen LogP contribution in [-0.4, -0.2) is 5.97 Å². The van der Waals surface area contributed by atoms with Gasteiger partial charge < -0.3 is 9.15 Å². The number of carbonyl (C=O) groups excluding carboxylic acids is 1. The van der Waals surface area contributed by atoms with Crippen LogP contribution in [0.25, 0.3) is 11.0 Å². The van der Waals surface area contributed by atoms with Crippen LogP contribution in [0.5, 0.6) is 5.75 Å². The summed E-state index contributed by atoms with van der Waals surface area (Å²) in [6, 6.07) is 3.80. The van der Waals surface area contributed by atoms with Crippen molar-refractivity contribution in [3.63, 3.8) is 0 Å². The molecule has 0 amide bonds. The monoisotopic (exact) mass is 340 g/mol. The van der Waals surface area contributed by atoms with Gasteiger partial charge in [-0.3, -0.25) is 4.79 Å². The Bertz CT molecular complexity index is 872. The highest BCUT2D eigenvalue weighted by Gasteiger charge is 2.25. The maximum absolute atomic E-state index is 12.4. The molecule has 25 heavy (non-hydrogen) atoms. The van der Waals surface area contributed by atoms with Crippen molar-refractivity contribution in [3.8, 4) is 5.75 Å². The molecular formula is C21H24O4. The summed E-state index contributed by atoms with van der Waals surface area (Å²) in [5.41, 5.74) is 3.02. The minimum Gasteiger partial charge on any atom is -0.426 e. The van der Waals surface area contributed by atoms with E-state index >= 15 is 0 Å². The van der Waals surface area contributed by atoms with Crippen molar-refractivity contribution < 1.29 is 13.9 Å². The van der Waals surface area contributed by atoms with Gasteiger partial charge in [-0.05, 0) is 63.1 Å². The Labute approximate surface area is 147 Å². The van der Waals surface area contributed by atoms with Crippen molar-refractivity contribution in [3.05, 3.63) is 39.2 Å². The van der Waals surface area contributed by atoms with Crippen LogP contribution in [0.3, 0.4) is 0 Å². The SMILES string of the molecule is Cc1c(OC(=O)C2CCCCC2)ccc2c3c(c(=O)oc12)CCCC3. The highest BCUT2D eigenvalue weighted by molar-refractivity contribution is 5.87. The summed E-state index contributed by atoms with van der Waals surface area (Å²) in [4.78, 5) is 24.8. The zero-order valence-corrected chi connectivity index (χ0v) is 14.7. The van der Waals surface area contributed by atoms with Gasteiger partial charge in [0, 0.05) is 16.5 Å². The summed E-state index contributed by atoms with van der Waals surface area (Å²) >= 11 is 0. The Hall–Kier alpha value is -2.10. The molecule has 132 valence electrons. The van der Waals surface area contributed by atoms with Crippen molar-refractivity contribution in [2.24, 2.45) is 5.92 Å². The Morgan fingerprint density at radius 1 is 1.04 bits per heavy atom. The normalized spacial score (nSPS) is 18.1. The quantitative estimate of drug-likeness (QED) is 0.460. The topological polar surface area (TPSA) is 56.5 Å². The number of benzene rings is 1. The van der Waals surface area contributed by atoms with E-state index in [1.807, 2.05) is 19.1 Å². The molecule has 2 aliphatic carbocycles. The van der Waals surface area contributed by atoms with Gasteiger partial charge in [-0.1, -0.05) is 19.3 Å². The largest absolute Gasteiger partial charge is 0.426 e. The number of fused-ring (bicyclic) bond motifs is 3. The number of carbonyl (C=O) groups is 1. The molecule has 0 atom stereocenters. The Morgan fingerprint density at radius 2 is 1.76 bits per heavy atom. The minimum absolute atomic E-state index is 0.000567. The number of rotatable bonds is 2. The molecule has 0 bridgehead atoms. The lowest BCUT2D eigenvalue weighted by atomic mass is 9.89. The first kappa shape index (κ1) is 16.4. The third-order valence-electron chi connectivity index (χ3n) is 5.74. The first-order valence-electron chi connectivity index (χ1n) is 9.45. The van der Waals surface area contributed by atoms with Crippen LogP contribution in [0.15, 0.2) is 21.3 Å². The fourth-order valence-electron chi connectivity index (χ4n) is 4.27. The van der Waals surface area contributed by atoms with Crippen molar-refractivity contribution in [2.75, 3.05) is 0 Å². The maximum Gasteiger partial charge on any atom is 0.339 e. The number of ether oxygens (including phenoxy) is 1. The molecule has 1 aromatic heterocycles. The zero-order chi connectivity index (χ0) is 17.4. The third kappa shape index (κ3) is 2.99. The van der Waals surface area contributed by atoms with Crippen LogP contribution in [0.1, 0.15) is 61.6 Å². The van der Waals surface area contributed by atoms with E-state index in [0.29, 0.717) is 11.3 Å². The van der Waals surface area contributed by atoms with E-state index in [1.165, 1.54) is 6.42 Å². The molecule has 0 radical (unpaired) electrons. The third-order valence-corrected chi connectivity index (χ3v) is 5.74. The van der Waals surface area contributed by atoms with Crippen LogP contribution < -0.4 is 10.4 Å². The van der Waals surface area contributed by atoms with E-state index in [-0.39, 0.29) is 17.5 Å². The summed E-state index contributed by atoms with van der Waals surface area (Å²) in [6.07, 6.45) is 9.07. The van der Waals surface area contributed by atoms with Crippen LogP contribution in [-0.2, 0) is 17.6 Å². The summed E-state index contributed by atoms with van der Waals surface area (Å²) in [5.74, 6) is 0.365. The van der Waals surface area contributed by atoms with E-state index in [2.05, 4.69) is 0 Å². The lowest BCUT2D eigenvalue weighted by Crippen LogP contribution is -2.23. The van der Waals surface area contributed by atoms with Gasteiger partial charge in [-0.25, -0.2) is 4.79 Å². The molecule has 4 rings (SSSR count). The second-order valence-electron chi connectivity index (χ2n) is 7.38. The molecule has 4 nitrogen and oxygen atoms in total. The van der Waals surface area contributed by atoms with Crippen LogP contribution in [0, 0.1) is 12.8 Å². The minimum atomic E-state index is -0.235. The molecular weight excluding hydrogens is 316 g/mol. The van der Waals surface area contributed by atoms with E-state index in [0.717, 1.165) is 73.4 Å². The number of hydrogen-bond acceptors (Lipinski definition) is 4. The predicted molar refractivity (Wildman–Crippen MR) is 96.1 cm³/mol.